The first-order chi connectivity index (χ1) is 9.63. The zero-order valence-corrected chi connectivity index (χ0v) is 12.0. The molecule has 0 amide bonds. The van der Waals surface area contributed by atoms with E-state index in [-0.39, 0.29) is 0 Å². The Morgan fingerprint density at radius 3 is 2.80 bits per heavy atom. The number of hydrogen-bond acceptors (Lipinski definition) is 4. The van der Waals surface area contributed by atoms with Crippen molar-refractivity contribution in [2.75, 3.05) is 7.11 Å². The molecule has 2 rings (SSSR count). The predicted octanol–water partition coefficient (Wildman–Crippen LogP) is 2.54. The third kappa shape index (κ3) is 3.30. The second-order valence-corrected chi connectivity index (χ2v) is 4.57. The highest BCUT2D eigenvalue weighted by Gasteiger charge is 2.11. The molecule has 0 saturated heterocycles. The third-order valence-electron chi connectivity index (χ3n) is 3.08. The van der Waals surface area contributed by atoms with Crippen LogP contribution in [-0.4, -0.2) is 22.0 Å². The van der Waals surface area contributed by atoms with E-state index in [0.717, 1.165) is 17.7 Å². The topological polar surface area (TPSA) is 56.5 Å². The number of hydrogen-bond donors (Lipinski definition) is 1. The van der Waals surface area contributed by atoms with Gasteiger partial charge >= 0.3 is 0 Å². The summed E-state index contributed by atoms with van der Waals surface area (Å²) in [6, 6.07) is 5.41. The Bertz CT molecular complexity index is 564. The molecule has 2 aromatic rings. The first-order valence-corrected chi connectivity index (χ1v) is 6.64. The van der Waals surface area contributed by atoms with Gasteiger partial charge in [-0.3, -0.25) is 4.68 Å². The predicted molar refractivity (Wildman–Crippen MR) is 75.9 cm³/mol. The number of methoxy groups -OCH3 is 1. The molecular formula is C15H20N2O3. The first-order valence-electron chi connectivity index (χ1n) is 6.64. The fourth-order valence-electron chi connectivity index (χ4n) is 1.93. The van der Waals surface area contributed by atoms with E-state index in [9.17, 15) is 5.11 Å². The molecule has 5 nitrogen and oxygen atoms in total. The second kappa shape index (κ2) is 6.43. The minimum absolute atomic E-state index is 0.410. The summed E-state index contributed by atoms with van der Waals surface area (Å²) in [6.07, 6.45) is 3.14. The monoisotopic (exact) mass is 276 g/mol. The van der Waals surface area contributed by atoms with Crippen LogP contribution in [0.15, 0.2) is 30.6 Å². The van der Waals surface area contributed by atoms with E-state index in [0.29, 0.717) is 18.1 Å². The highest BCUT2D eigenvalue weighted by molar-refractivity contribution is 5.41. The van der Waals surface area contributed by atoms with Crippen LogP contribution in [0, 0.1) is 0 Å². The Kier molecular flexibility index (Phi) is 4.63. The number of aliphatic hydroxyl groups excluding tert-OH is 1. The smallest absolute Gasteiger partial charge is 0.129 e. The molecule has 0 unspecified atom stereocenters. The summed E-state index contributed by atoms with van der Waals surface area (Å²) in [7, 11) is 1.60. The Labute approximate surface area is 118 Å². The summed E-state index contributed by atoms with van der Waals surface area (Å²) in [5, 5.41) is 14.0. The molecule has 1 aromatic carbocycles. The minimum atomic E-state index is -0.589. The third-order valence-corrected chi connectivity index (χ3v) is 3.08. The number of aromatic nitrogens is 2. The van der Waals surface area contributed by atoms with E-state index in [1.807, 2.05) is 29.9 Å². The maximum Gasteiger partial charge on any atom is 0.129 e. The zero-order chi connectivity index (χ0) is 14.5. The molecule has 0 saturated carbocycles. The molecule has 20 heavy (non-hydrogen) atoms. The van der Waals surface area contributed by atoms with E-state index in [1.54, 1.807) is 26.3 Å². The van der Waals surface area contributed by atoms with Gasteiger partial charge in [-0.05, 0) is 26.0 Å². The van der Waals surface area contributed by atoms with Crippen molar-refractivity contribution in [3.05, 3.63) is 41.7 Å². The van der Waals surface area contributed by atoms with Crippen LogP contribution in [0.3, 0.4) is 0 Å². The number of nitrogens with zero attached hydrogens (tertiary/aromatic N) is 2. The normalized spacial score (nSPS) is 12.2. The van der Waals surface area contributed by atoms with Gasteiger partial charge in [0.25, 0.3) is 0 Å². The lowest BCUT2D eigenvalue weighted by atomic mass is 10.1. The average molecular weight is 276 g/mol. The summed E-state index contributed by atoms with van der Waals surface area (Å²) in [5.41, 5.74) is 1.74. The first kappa shape index (κ1) is 14.4. The SMILES string of the molecule is CCn1cc(COc2cc(OC)ccc2[C@H](C)O)cn1. The van der Waals surface area contributed by atoms with Gasteiger partial charge in [0, 0.05) is 29.9 Å². The number of aryl methyl sites for hydroxylation is 1. The molecule has 0 aliphatic heterocycles. The number of aliphatic hydroxyl groups is 1. The van der Waals surface area contributed by atoms with Gasteiger partial charge in [-0.15, -0.1) is 0 Å². The van der Waals surface area contributed by atoms with Gasteiger partial charge in [0.15, 0.2) is 0 Å². The second-order valence-electron chi connectivity index (χ2n) is 4.57. The van der Waals surface area contributed by atoms with Crippen LogP contribution in [-0.2, 0) is 13.2 Å². The van der Waals surface area contributed by atoms with Crippen molar-refractivity contribution in [3.63, 3.8) is 0 Å². The van der Waals surface area contributed by atoms with E-state index < -0.39 is 6.10 Å². The molecule has 1 atom stereocenters. The van der Waals surface area contributed by atoms with Gasteiger partial charge in [-0.1, -0.05) is 0 Å². The molecule has 108 valence electrons. The highest BCUT2D eigenvalue weighted by Crippen LogP contribution is 2.30. The van der Waals surface area contributed by atoms with E-state index in [2.05, 4.69) is 5.10 Å². The molecule has 0 fully saturated rings. The van der Waals surface area contributed by atoms with Crippen LogP contribution in [0.1, 0.15) is 31.1 Å². The standard InChI is InChI=1S/C15H20N2O3/c1-4-17-9-12(8-16-17)10-20-15-7-13(19-3)5-6-14(15)11(2)18/h5-9,11,18H,4,10H2,1-3H3/t11-/m0/s1. The van der Waals surface area contributed by atoms with Crippen molar-refractivity contribution in [3.8, 4) is 11.5 Å². The van der Waals surface area contributed by atoms with Crippen LogP contribution in [0.4, 0.5) is 0 Å². The summed E-state index contributed by atoms with van der Waals surface area (Å²) < 4.78 is 12.8. The van der Waals surface area contributed by atoms with Crippen LogP contribution in [0.5, 0.6) is 11.5 Å². The van der Waals surface area contributed by atoms with Crippen molar-refractivity contribution in [1.82, 2.24) is 9.78 Å². The molecule has 1 aromatic heterocycles. The molecule has 0 bridgehead atoms. The maximum atomic E-state index is 9.77. The van der Waals surface area contributed by atoms with Crippen molar-refractivity contribution >= 4 is 0 Å². The van der Waals surface area contributed by atoms with E-state index >= 15 is 0 Å². The molecule has 5 heteroatoms. The fraction of sp³-hybridized carbons (Fsp3) is 0.400. The molecule has 1 N–H and O–H groups in total. The van der Waals surface area contributed by atoms with Gasteiger partial charge in [-0.25, -0.2) is 0 Å². The van der Waals surface area contributed by atoms with Crippen molar-refractivity contribution < 1.29 is 14.6 Å². The molecular weight excluding hydrogens is 256 g/mol. The Morgan fingerprint density at radius 1 is 1.40 bits per heavy atom. The van der Waals surface area contributed by atoms with Crippen molar-refractivity contribution in [1.29, 1.82) is 0 Å². The Balaban J connectivity index is 2.14. The number of benzene rings is 1. The summed E-state index contributed by atoms with van der Waals surface area (Å²) in [6.45, 7) is 4.99. The lowest BCUT2D eigenvalue weighted by Crippen LogP contribution is -2.01. The average Bonchev–Trinajstić information content (AvgIpc) is 2.92. The number of rotatable bonds is 6. The van der Waals surface area contributed by atoms with Crippen molar-refractivity contribution in [2.24, 2.45) is 0 Å². The van der Waals surface area contributed by atoms with E-state index in [1.165, 1.54) is 0 Å². The van der Waals surface area contributed by atoms with Gasteiger partial charge in [-0.2, -0.15) is 5.10 Å². The lowest BCUT2D eigenvalue weighted by Gasteiger charge is -2.14. The molecule has 0 radical (unpaired) electrons. The Hall–Kier alpha value is -2.01. The molecule has 0 aliphatic carbocycles. The van der Waals surface area contributed by atoms with Gasteiger partial charge in [0.2, 0.25) is 0 Å². The molecule has 0 aliphatic rings. The van der Waals surface area contributed by atoms with Gasteiger partial charge in [0.05, 0.1) is 19.4 Å². The molecule has 0 spiro atoms. The largest absolute Gasteiger partial charge is 0.497 e. The van der Waals surface area contributed by atoms with E-state index in [4.69, 9.17) is 9.47 Å². The lowest BCUT2D eigenvalue weighted by molar-refractivity contribution is 0.190. The molecule has 1 heterocycles. The Morgan fingerprint density at radius 2 is 2.20 bits per heavy atom. The van der Waals surface area contributed by atoms with Crippen molar-refractivity contribution in [2.45, 2.75) is 33.1 Å². The highest BCUT2D eigenvalue weighted by atomic mass is 16.5. The summed E-state index contributed by atoms with van der Waals surface area (Å²) in [5.74, 6) is 1.33. The fourth-order valence-corrected chi connectivity index (χ4v) is 1.93. The van der Waals surface area contributed by atoms with Gasteiger partial charge < -0.3 is 14.6 Å². The number of ether oxygens (including phenoxy) is 2. The quantitative estimate of drug-likeness (QED) is 0.881. The minimum Gasteiger partial charge on any atom is -0.497 e. The summed E-state index contributed by atoms with van der Waals surface area (Å²) in [4.78, 5) is 0. The maximum absolute atomic E-state index is 9.77. The zero-order valence-electron chi connectivity index (χ0n) is 12.0. The van der Waals surface area contributed by atoms with Crippen LogP contribution >= 0.6 is 0 Å². The summed E-state index contributed by atoms with van der Waals surface area (Å²) >= 11 is 0. The van der Waals surface area contributed by atoms with Crippen LogP contribution in [0.2, 0.25) is 0 Å². The van der Waals surface area contributed by atoms with Crippen LogP contribution < -0.4 is 9.47 Å². The van der Waals surface area contributed by atoms with Gasteiger partial charge in [0.1, 0.15) is 18.1 Å². The van der Waals surface area contributed by atoms with Crippen LogP contribution in [0.25, 0.3) is 0 Å².